The fraction of sp³-hybridized carbons (Fsp3) is 0.0208. The van der Waals surface area contributed by atoms with Gasteiger partial charge < -0.3 is 11.1 Å². The van der Waals surface area contributed by atoms with Gasteiger partial charge in [0.1, 0.15) is 0 Å². The predicted octanol–water partition coefficient (Wildman–Crippen LogP) is 11.7. The Kier molecular flexibility index (Phi) is 6.91. The van der Waals surface area contributed by atoms with Crippen molar-refractivity contribution in [1.29, 1.82) is 5.41 Å². The lowest BCUT2D eigenvalue weighted by Crippen LogP contribution is -2.10. The molecule has 2 heterocycles. The number of allylic oxidation sites excluding steroid dienone is 1. The molecular weight excluding hydrogens is 633 g/mol. The zero-order valence-corrected chi connectivity index (χ0v) is 28.2. The van der Waals surface area contributed by atoms with E-state index in [0.29, 0.717) is 5.71 Å². The van der Waals surface area contributed by atoms with Gasteiger partial charge in [0, 0.05) is 22.5 Å². The standard InChI is InChI=1S/C48H32N4/c49-39(25-26-40(50)41-27-22-32-21-20-31-15-10-28-51-47(31)48(32)52-41)33-23-24-38-44-34(33)18-9-19-37(44)45-42(29-11-3-1-4-12-29)35-16-7-8-17-36(35)43(46(38)45)30-13-5-2-6-14-30/h1-28,40,49H,50H2/b26-25-,49-39?. The molecule has 1 atom stereocenters. The maximum absolute atomic E-state index is 9.33. The van der Waals surface area contributed by atoms with Crippen LogP contribution in [0.1, 0.15) is 17.3 Å². The Bertz CT molecular complexity index is 2840. The van der Waals surface area contributed by atoms with E-state index in [2.05, 4.69) is 132 Å². The molecule has 3 N–H and O–H groups in total. The highest BCUT2D eigenvalue weighted by molar-refractivity contribution is 6.30. The molecule has 2 aromatic heterocycles. The zero-order chi connectivity index (χ0) is 34.8. The first-order valence-electron chi connectivity index (χ1n) is 17.6. The van der Waals surface area contributed by atoms with Gasteiger partial charge in [-0.15, -0.1) is 0 Å². The number of rotatable bonds is 6. The van der Waals surface area contributed by atoms with Crippen molar-refractivity contribution in [2.45, 2.75) is 6.04 Å². The van der Waals surface area contributed by atoms with Gasteiger partial charge >= 0.3 is 0 Å². The molecule has 0 bridgehead atoms. The van der Waals surface area contributed by atoms with E-state index in [4.69, 9.17) is 10.7 Å². The summed E-state index contributed by atoms with van der Waals surface area (Å²) in [7, 11) is 0. The summed E-state index contributed by atoms with van der Waals surface area (Å²) in [6.45, 7) is 0. The van der Waals surface area contributed by atoms with Crippen molar-refractivity contribution >= 4 is 49.1 Å². The minimum atomic E-state index is -0.487. The van der Waals surface area contributed by atoms with E-state index in [1.165, 1.54) is 60.7 Å². The van der Waals surface area contributed by atoms with Crippen LogP contribution < -0.4 is 5.73 Å². The molecule has 0 aliphatic heterocycles. The van der Waals surface area contributed by atoms with Crippen LogP contribution in [0.2, 0.25) is 0 Å². The molecule has 244 valence electrons. The predicted molar refractivity (Wildman–Crippen MR) is 217 cm³/mol. The summed E-state index contributed by atoms with van der Waals surface area (Å²) in [5.41, 5.74) is 20.1. The lowest BCUT2D eigenvalue weighted by atomic mass is 9.82. The molecule has 10 rings (SSSR count). The summed E-state index contributed by atoms with van der Waals surface area (Å²) in [6.07, 6.45) is 5.49. The Hall–Kier alpha value is -6.75. The van der Waals surface area contributed by atoms with E-state index < -0.39 is 6.04 Å². The first-order valence-corrected chi connectivity index (χ1v) is 17.6. The molecule has 0 radical (unpaired) electrons. The van der Waals surface area contributed by atoms with Crippen LogP contribution in [0.15, 0.2) is 170 Å². The number of hydrogen-bond acceptors (Lipinski definition) is 4. The average Bonchev–Trinajstić information content (AvgIpc) is 3.54. The van der Waals surface area contributed by atoms with Crippen LogP contribution in [0.4, 0.5) is 0 Å². The Morgan fingerprint density at radius 2 is 1.13 bits per heavy atom. The lowest BCUT2D eigenvalue weighted by molar-refractivity contribution is 0.871. The van der Waals surface area contributed by atoms with Gasteiger partial charge in [0.05, 0.1) is 28.5 Å². The van der Waals surface area contributed by atoms with Crippen LogP contribution in [-0.2, 0) is 0 Å². The van der Waals surface area contributed by atoms with Gasteiger partial charge in [-0.25, -0.2) is 4.98 Å². The first kappa shape index (κ1) is 30.1. The molecule has 4 nitrogen and oxygen atoms in total. The molecule has 9 aromatic rings. The number of benzene rings is 7. The number of nitrogens with two attached hydrogens (primary N) is 1. The molecule has 4 heteroatoms. The van der Waals surface area contributed by atoms with E-state index in [1.54, 1.807) is 6.20 Å². The number of nitrogens with one attached hydrogen (secondary N) is 1. The second kappa shape index (κ2) is 11.9. The molecule has 0 saturated carbocycles. The number of pyridine rings is 2. The Morgan fingerprint density at radius 3 is 1.83 bits per heavy atom. The van der Waals surface area contributed by atoms with Gasteiger partial charge in [-0.1, -0.05) is 146 Å². The highest BCUT2D eigenvalue weighted by Crippen LogP contribution is 2.57. The summed E-state index contributed by atoms with van der Waals surface area (Å²) in [5, 5.41) is 16.1. The molecule has 52 heavy (non-hydrogen) atoms. The third-order valence-corrected chi connectivity index (χ3v) is 10.5. The Morgan fingerprint density at radius 1 is 0.538 bits per heavy atom. The number of fused-ring (bicyclic) bond motifs is 7. The highest BCUT2D eigenvalue weighted by Gasteiger charge is 2.31. The lowest BCUT2D eigenvalue weighted by Gasteiger charge is -2.20. The Balaban J connectivity index is 1.12. The van der Waals surface area contributed by atoms with Crippen LogP contribution in [0.25, 0.3) is 87.9 Å². The van der Waals surface area contributed by atoms with Gasteiger partial charge in [-0.3, -0.25) is 4.98 Å². The summed E-state index contributed by atoms with van der Waals surface area (Å²) < 4.78 is 0. The van der Waals surface area contributed by atoms with E-state index >= 15 is 0 Å². The topological polar surface area (TPSA) is 75.7 Å². The van der Waals surface area contributed by atoms with Crippen molar-refractivity contribution < 1.29 is 0 Å². The van der Waals surface area contributed by atoms with Crippen molar-refractivity contribution in [2.75, 3.05) is 0 Å². The number of hydrogen-bond donors (Lipinski definition) is 2. The van der Waals surface area contributed by atoms with Crippen LogP contribution in [0.5, 0.6) is 0 Å². The number of aromatic nitrogens is 2. The van der Waals surface area contributed by atoms with E-state index in [1.807, 2.05) is 36.4 Å². The Labute approximate surface area is 301 Å². The van der Waals surface area contributed by atoms with Gasteiger partial charge in [-0.05, 0) is 84.3 Å². The smallest absolute Gasteiger partial charge is 0.0968 e. The van der Waals surface area contributed by atoms with Crippen molar-refractivity contribution in [3.8, 4) is 44.5 Å². The molecule has 1 aliphatic carbocycles. The molecule has 0 fully saturated rings. The first-order chi connectivity index (χ1) is 25.7. The maximum Gasteiger partial charge on any atom is 0.0968 e. The quantitative estimate of drug-likeness (QED) is 0.137. The normalized spacial score (nSPS) is 12.6. The van der Waals surface area contributed by atoms with Gasteiger partial charge in [0.25, 0.3) is 0 Å². The molecule has 1 unspecified atom stereocenters. The second-order valence-electron chi connectivity index (χ2n) is 13.4. The molecule has 1 aliphatic rings. The van der Waals surface area contributed by atoms with Crippen LogP contribution in [0, 0.1) is 5.41 Å². The number of nitrogens with zero attached hydrogens (tertiary/aromatic N) is 2. The van der Waals surface area contributed by atoms with Gasteiger partial charge in [0.2, 0.25) is 0 Å². The molecule has 0 saturated heterocycles. The molecule has 7 aromatic carbocycles. The van der Waals surface area contributed by atoms with Crippen molar-refractivity contribution in [3.05, 3.63) is 181 Å². The second-order valence-corrected chi connectivity index (χ2v) is 13.4. The van der Waals surface area contributed by atoms with Crippen LogP contribution in [-0.4, -0.2) is 15.7 Å². The molecular formula is C48H32N4. The minimum absolute atomic E-state index is 0.403. The summed E-state index contributed by atoms with van der Waals surface area (Å²) in [5.74, 6) is 0. The van der Waals surface area contributed by atoms with E-state index in [9.17, 15) is 5.41 Å². The van der Waals surface area contributed by atoms with Crippen molar-refractivity contribution in [3.63, 3.8) is 0 Å². The average molecular weight is 665 g/mol. The van der Waals surface area contributed by atoms with E-state index in [0.717, 1.165) is 38.4 Å². The van der Waals surface area contributed by atoms with Crippen molar-refractivity contribution in [2.24, 2.45) is 5.73 Å². The zero-order valence-electron chi connectivity index (χ0n) is 28.2. The monoisotopic (exact) mass is 664 g/mol. The molecule has 0 amide bonds. The highest BCUT2D eigenvalue weighted by atomic mass is 14.8. The van der Waals surface area contributed by atoms with Crippen LogP contribution >= 0.6 is 0 Å². The summed E-state index contributed by atoms with van der Waals surface area (Å²) >= 11 is 0. The summed E-state index contributed by atoms with van der Waals surface area (Å²) in [6, 6.07) is 52.8. The largest absolute Gasteiger partial charge is 0.319 e. The van der Waals surface area contributed by atoms with Crippen molar-refractivity contribution in [1.82, 2.24) is 9.97 Å². The fourth-order valence-electron chi connectivity index (χ4n) is 8.16. The minimum Gasteiger partial charge on any atom is -0.319 e. The third kappa shape index (κ3) is 4.62. The van der Waals surface area contributed by atoms with E-state index in [-0.39, 0.29) is 0 Å². The van der Waals surface area contributed by atoms with Gasteiger partial charge in [0.15, 0.2) is 0 Å². The third-order valence-electron chi connectivity index (χ3n) is 10.5. The summed E-state index contributed by atoms with van der Waals surface area (Å²) in [4.78, 5) is 9.53. The SMILES string of the molecule is N=C(/C=C\C(N)c1ccc2ccc3cccnc3c2n1)c1ccc2c3c(cccc13)-c1c-2c(-c2ccccc2)c2ccccc2c1-c1ccccc1. The van der Waals surface area contributed by atoms with Gasteiger partial charge in [-0.2, -0.15) is 0 Å². The fourth-order valence-corrected chi connectivity index (χ4v) is 8.16. The molecule has 0 spiro atoms. The van der Waals surface area contributed by atoms with Crippen LogP contribution in [0.3, 0.4) is 0 Å². The maximum atomic E-state index is 9.33.